The molecule has 2 fully saturated rings. The first-order valence-corrected chi connectivity index (χ1v) is 6.21. The quantitative estimate of drug-likeness (QED) is 0.765. The number of carbonyl (C=O) groups is 1. The number of alkyl carbamates (subject to hydrolysis) is 1. The molecule has 98 valence electrons. The molecule has 1 aliphatic heterocycles. The molecule has 5 nitrogen and oxygen atoms in total. The maximum Gasteiger partial charge on any atom is 0.407 e. The lowest BCUT2D eigenvalue weighted by Crippen LogP contribution is -2.59. The van der Waals surface area contributed by atoms with Gasteiger partial charge in [-0.25, -0.2) is 4.79 Å². The zero-order valence-electron chi connectivity index (χ0n) is 10.8. The summed E-state index contributed by atoms with van der Waals surface area (Å²) in [5.74, 6) is 0. The van der Waals surface area contributed by atoms with Gasteiger partial charge in [0.05, 0.1) is 6.10 Å². The maximum atomic E-state index is 11.5. The second-order valence-corrected chi connectivity index (χ2v) is 6.14. The van der Waals surface area contributed by atoms with Gasteiger partial charge in [0.15, 0.2) is 0 Å². The Bertz CT molecular complexity index is 301. The van der Waals surface area contributed by atoms with E-state index in [0.29, 0.717) is 6.54 Å². The number of hydrogen-bond acceptors (Lipinski definition) is 4. The van der Waals surface area contributed by atoms with Crippen molar-refractivity contribution < 1.29 is 14.6 Å². The Kier molecular flexibility index (Phi) is 3.08. The van der Waals surface area contributed by atoms with Crippen LogP contribution < -0.4 is 5.32 Å². The lowest BCUT2D eigenvalue weighted by Gasteiger charge is -2.42. The van der Waals surface area contributed by atoms with Gasteiger partial charge in [-0.3, -0.25) is 4.90 Å². The number of carbonyl (C=O) groups excluding carboxylic acids is 1. The van der Waals surface area contributed by atoms with Gasteiger partial charge in [-0.15, -0.1) is 0 Å². The molecule has 0 aromatic heterocycles. The zero-order valence-corrected chi connectivity index (χ0v) is 10.8. The summed E-state index contributed by atoms with van der Waals surface area (Å²) in [6, 6.07) is 0. The van der Waals surface area contributed by atoms with Crippen molar-refractivity contribution >= 4 is 6.09 Å². The number of nitrogens with zero attached hydrogens (tertiary/aromatic N) is 1. The fourth-order valence-electron chi connectivity index (χ4n) is 2.14. The van der Waals surface area contributed by atoms with Crippen molar-refractivity contribution in [3.8, 4) is 0 Å². The van der Waals surface area contributed by atoms with Crippen LogP contribution in [0.5, 0.6) is 0 Å². The van der Waals surface area contributed by atoms with E-state index in [1.165, 1.54) is 0 Å². The molecule has 0 unspecified atom stereocenters. The number of nitrogens with one attached hydrogen (secondary N) is 1. The van der Waals surface area contributed by atoms with Gasteiger partial charge in [-0.05, 0) is 33.6 Å². The predicted molar refractivity (Wildman–Crippen MR) is 63.8 cm³/mol. The van der Waals surface area contributed by atoms with Gasteiger partial charge < -0.3 is 15.2 Å². The van der Waals surface area contributed by atoms with E-state index in [1.54, 1.807) is 0 Å². The molecular formula is C12H22N2O3. The lowest BCUT2D eigenvalue weighted by atomic mass is 10.1. The summed E-state index contributed by atoms with van der Waals surface area (Å²) < 4.78 is 5.20. The Morgan fingerprint density at radius 3 is 2.47 bits per heavy atom. The largest absolute Gasteiger partial charge is 0.444 e. The van der Waals surface area contributed by atoms with Crippen molar-refractivity contribution in [3.05, 3.63) is 0 Å². The molecule has 0 atom stereocenters. The van der Waals surface area contributed by atoms with Gasteiger partial charge in [-0.1, -0.05) is 0 Å². The first-order valence-electron chi connectivity index (χ1n) is 6.21. The molecule has 1 amide bonds. The molecular weight excluding hydrogens is 220 g/mol. The number of β-amino-alcohol motifs (C(OH)–C–C–N with tert-alkyl or cyclic N) is 1. The van der Waals surface area contributed by atoms with Gasteiger partial charge in [-0.2, -0.15) is 0 Å². The van der Waals surface area contributed by atoms with E-state index in [-0.39, 0.29) is 17.7 Å². The number of rotatable bonds is 3. The average Bonchev–Trinajstić information content (AvgIpc) is 2.88. The summed E-state index contributed by atoms with van der Waals surface area (Å²) in [5.41, 5.74) is -0.357. The van der Waals surface area contributed by atoms with E-state index < -0.39 is 5.60 Å². The zero-order chi connectivity index (χ0) is 12.7. The molecule has 2 rings (SSSR count). The van der Waals surface area contributed by atoms with Crippen molar-refractivity contribution in [2.24, 2.45) is 0 Å². The lowest BCUT2D eigenvalue weighted by molar-refractivity contribution is -0.0335. The minimum absolute atomic E-state index is 0.0934. The highest BCUT2D eigenvalue weighted by Crippen LogP contribution is 2.43. The van der Waals surface area contributed by atoms with Crippen molar-refractivity contribution in [1.82, 2.24) is 10.2 Å². The smallest absolute Gasteiger partial charge is 0.407 e. The van der Waals surface area contributed by atoms with Gasteiger partial charge in [0, 0.05) is 25.2 Å². The molecule has 1 aliphatic carbocycles. The number of aliphatic hydroxyl groups is 1. The highest BCUT2D eigenvalue weighted by atomic mass is 16.6. The van der Waals surface area contributed by atoms with Gasteiger partial charge >= 0.3 is 6.09 Å². The summed E-state index contributed by atoms with van der Waals surface area (Å²) in [6.45, 7) is 7.64. The Morgan fingerprint density at radius 2 is 2.06 bits per heavy atom. The van der Waals surface area contributed by atoms with Gasteiger partial charge in [0.25, 0.3) is 0 Å². The van der Waals surface area contributed by atoms with E-state index in [9.17, 15) is 9.90 Å². The third kappa shape index (κ3) is 3.10. The van der Waals surface area contributed by atoms with E-state index >= 15 is 0 Å². The molecule has 1 saturated heterocycles. The van der Waals surface area contributed by atoms with E-state index in [4.69, 9.17) is 4.74 Å². The number of aliphatic hydroxyl groups excluding tert-OH is 1. The van der Waals surface area contributed by atoms with Crippen LogP contribution in [0.1, 0.15) is 33.6 Å². The molecule has 2 N–H and O–H groups in total. The van der Waals surface area contributed by atoms with Crippen LogP contribution in [0, 0.1) is 0 Å². The van der Waals surface area contributed by atoms with Crippen LogP contribution in [-0.4, -0.2) is 53.0 Å². The van der Waals surface area contributed by atoms with Crippen LogP contribution in [0.25, 0.3) is 0 Å². The fourth-order valence-corrected chi connectivity index (χ4v) is 2.14. The van der Waals surface area contributed by atoms with E-state index in [0.717, 1.165) is 25.9 Å². The summed E-state index contributed by atoms with van der Waals surface area (Å²) in [5, 5.41) is 12.1. The molecule has 0 radical (unpaired) electrons. The molecule has 5 heteroatoms. The molecule has 0 aromatic rings. The first-order chi connectivity index (χ1) is 7.81. The van der Waals surface area contributed by atoms with Crippen molar-refractivity contribution in [1.29, 1.82) is 0 Å². The molecule has 17 heavy (non-hydrogen) atoms. The fraction of sp³-hybridized carbons (Fsp3) is 0.917. The monoisotopic (exact) mass is 242 g/mol. The van der Waals surface area contributed by atoms with Crippen molar-refractivity contribution in [2.75, 3.05) is 19.6 Å². The second kappa shape index (κ2) is 4.14. The maximum absolute atomic E-state index is 11.5. The average molecular weight is 242 g/mol. The topological polar surface area (TPSA) is 61.8 Å². The molecule has 2 aliphatic rings. The highest BCUT2D eigenvalue weighted by Gasteiger charge is 2.52. The molecule has 0 aromatic carbocycles. The predicted octanol–water partition coefficient (Wildman–Crippen LogP) is 0.720. The van der Waals surface area contributed by atoms with E-state index in [2.05, 4.69) is 10.2 Å². The first kappa shape index (κ1) is 12.6. The van der Waals surface area contributed by atoms with Gasteiger partial charge in [0.2, 0.25) is 0 Å². The van der Waals surface area contributed by atoms with Crippen molar-refractivity contribution in [2.45, 2.75) is 50.9 Å². The Hall–Kier alpha value is -0.810. The summed E-state index contributed by atoms with van der Waals surface area (Å²) in [6.07, 6.45) is 1.64. The number of ether oxygens (including phenoxy) is 1. The number of amides is 1. The molecule has 1 heterocycles. The highest BCUT2D eigenvalue weighted by molar-refractivity contribution is 5.67. The Balaban J connectivity index is 1.73. The molecule has 0 spiro atoms. The standard InChI is InChI=1S/C12H22N2O3/c1-11(2,3)17-10(16)13-8-12(4-5-12)14-6-9(15)7-14/h9,15H,4-8H2,1-3H3,(H,13,16). The second-order valence-electron chi connectivity index (χ2n) is 6.14. The minimum atomic E-state index is -0.451. The van der Waals surface area contributed by atoms with Gasteiger partial charge in [0.1, 0.15) is 5.60 Å². The third-order valence-corrected chi connectivity index (χ3v) is 3.32. The van der Waals surface area contributed by atoms with Crippen LogP contribution in [0.2, 0.25) is 0 Å². The SMILES string of the molecule is CC(C)(C)OC(=O)NCC1(N2CC(O)C2)CC1. The summed E-state index contributed by atoms with van der Waals surface area (Å²) >= 11 is 0. The summed E-state index contributed by atoms with van der Waals surface area (Å²) in [4.78, 5) is 13.8. The minimum Gasteiger partial charge on any atom is -0.444 e. The Labute approximate surface area is 102 Å². The normalized spacial score (nSPS) is 24.0. The molecule has 0 bridgehead atoms. The van der Waals surface area contributed by atoms with Crippen LogP contribution in [0.4, 0.5) is 4.79 Å². The van der Waals surface area contributed by atoms with E-state index in [1.807, 2.05) is 20.8 Å². The van der Waals surface area contributed by atoms with Crippen LogP contribution in [-0.2, 0) is 4.74 Å². The number of hydrogen-bond donors (Lipinski definition) is 2. The third-order valence-electron chi connectivity index (χ3n) is 3.32. The van der Waals surface area contributed by atoms with Crippen LogP contribution in [0.15, 0.2) is 0 Å². The van der Waals surface area contributed by atoms with Crippen LogP contribution >= 0.6 is 0 Å². The number of likely N-dealkylation sites (tertiary alicyclic amines) is 1. The molecule has 1 saturated carbocycles. The Morgan fingerprint density at radius 1 is 1.47 bits per heavy atom. The summed E-state index contributed by atoms with van der Waals surface area (Å²) in [7, 11) is 0. The van der Waals surface area contributed by atoms with Crippen molar-refractivity contribution in [3.63, 3.8) is 0 Å². The van der Waals surface area contributed by atoms with Crippen LogP contribution in [0.3, 0.4) is 0 Å².